The van der Waals surface area contributed by atoms with Crippen LogP contribution in [0.3, 0.4) is 0 Å². The lowest BCUT2D eigenvalue weighted by molar-refractivity contribution is 0.433. The Morgan fingerprint density at radius 1 is 1.41 bits per heavy atom. The van der Waals surface area contributed by atoms with Crippen LogP contribution in [0.4, 0.5) is 0 Å². The van der Waals surface area contributed by atoms with E-state index in [4.69, 9.17) is 4.42 Å². The third-order valence-electron chi connectivity index (χ3n) is 4.30. The SMILES string of the molecule is CCNCCCc1ncc(C2C3CCCC32)o1. The summed E-state index contributed by atoms with van der Waals surface area (Å²) in [6.07, 6.45) is 8.30. The molecule has 0 spiro atoms. The van der Waals surface area contributed by atoms with Gasteiger partial charge in [-0.2, -0.15) is 0 Å². The number of aromatic nitrogens is 1. The summed E-state index contributed by atoms with van der Waals surface area (Å²) in [5.74, 6) is 4.68. The lowest BCUT2D eigenvalue weighted by Crippen LogP contribution is -2.14. The summed E-state index contributed by atoms with van der Waals surface area (Å²) in [6.45, 7) is 4.24. The lowest BCUT2D eigenvalue weighted by atomic mass is 10.1. The van der Waals surface area contributed by atoms with Crippen molar-refractivity contribution in [3.8, 4) is 0 Å². The molecule has 0 bridgehead atoms. The van der Waals surface area contributed by atoms with Crippen LogP contribution in [0.25, 0.3) is 0 Å². The fourth-order valence-corrected chi connectivity index (χ4v) is 3.38. The molecule has 1 aromatic heterocycles. The molecule has 1 N–H and O–H groups in total. The van der Waals surface area contributed by atoms with E-state index in [1.165, 1.54) is 19.3 Å². The minimum Gasteiger partial charge on any atom is -0.445 e. The molecule has 2 atom stereocenters. The summed E-state index contributed by atoms with van der Waals surface area (Å²) in [6, 6.07) is 0. The summed E-state index contributed by atoms with van der Waals surface area (Å²) in [4.78, 5) is 4.41. The molecule has 2 aliphatic rings. The van der Waals surface area contributed by atoms with Gasteiger partial charge in [-0.25, -0.2) is 4.98 Å². The van der Waals surface area contributed by atoms with Gasteiger partial charge in [0.2, 0.25) is 0 Å². The van der Waals surface area contributed by atoms with Crippen molar-refractivity contribution in [1.82, 2.24) is 10.3 Å². The quantitative estimate of drug-likeness (QED) is 0.769. The molecule has 94 valence electrons. The topological polar surface area (TPSA) is 38.1 Å². The second-order valence-electron chi connectivity index (χ2n) is 5.40. The van der Waals surface area contributed by atoms with Gasteiger partial charge in [0.15, 0.2) is 5.89 Å². The van der Waals surface area contributed by atoms with E-state index in [1.54, 1.807) is 0 Å². The molecule has 3 heteroatoms. The molecule has 2 aliphatic carbocycles. The van der Waals surface area contributed by atoms with E-state index >= 15 is 0 Å². The van der Waals surface area contributed by atoms with Crippen molar-refractivity contribution >= 4 is 0 Å². The number of hydrogen-bond donors (Lipinski definition) is 1. The molecule has 2 saturated carbocycles. The molecule has 17 heavy (non-hydrogen) atoms. The Kier molecular flexibility index (Phi) is 3.19. The maximum atomic E-state index is 5.89. The van der Waals surface area contributed by atoms with Gasteiger partial charge in [0.1, 0.15) is 5.76 Å². The van der Waals surface area contributed by atoms with Crippen molar-refractivity contribution in [3.63, 3.8) is 0 Å². The zero-order chi connectivity index (χ0) is 11.7. The van der Waals surface area contributed by atoms with E-state index in [2.05, 4.69) is 17.2 Å². The third kappa shape index (κ3) is 2.25. The molecule has 3 nitrogen and oxygen atoms in total. The van der Waals surface area contributed by atoms with Gasteiger partial charge in [-0.05, 0) is 44.2 Å². The Morgan fingerprint density at radius 2 is 2.24 bits per heavy atom. The highest BCUT2D eigenvalue weighted by Crippen LogP contribution is 2.63. The predicted molar refractivity (Wildman–Crippen MR) is 66.9 cm³/mol. The maximum Gasteiger partial charge on any atom is 0.194 e. The van der Waals surface area contributed by atoms with E-state index in [9.17, 15) is 0 Å². The van der Waals surface area contributed by atoms with Gasteiger partial charge in [0.25, 0.3) is 0 Å². The highest BCUT2D eigenvalue weighted by atomic mass is 16.4. The fraction of sp³-hybridized carbons (Fsp3) is 0.786. The number of nitrogens with one attached hydrogen (secondary N) is 1. The van der Waals surface area contributed by atoms with Gasteiger partial charge in [0, 0.05) is 12.3 Å². The molecule has 1 heterocycles. The molecule has 2 unspecified atom stereocenters. The van der Waals surface area contributed by atoms with Crippen LogP contribution in [0.1, 0.15) is 50.2 Å². The summed E-state index contributed by atoms with van der Waals surface area (Å²) >= 11 is 0. The van der Waals surface area contributed by atoms with Crippen molar-refractivity contribution in [2.45, 2.75) is 44.9 Å². The van der Waals surface area contributed by atoms with E-state index in [1.807, 2.05) is 6.20 Å². The number of fused-ring (bicyclic) bond motifs is 1. The second kappa shape index (κ2) is 4.81. The van der Waals surface area contributed by atoms with Crippen LogP contribution in [0, 0.1) is 11.8 Å². The minimum atomic E-state index is 0.721. The summed E-state index contributed by atoms with van der Waals surface area (Å²) in [7, 11) is 0. The smallest absolute Gasteiger partial charge is 0.194 e. The fourth-order valence-electron chi connectivity index (χ4n) is 3.38. The number of oxazole rings is 1. The van der Waals surface area contributed by atoms with Crippen molar-refractivity contribution < 1.29 is 4.42 Å². The first-order valence-electron chi connectivity index (χ1n) is 7.05. The Labute approximate surface area is 103 Å². The molecular weight excluding hydrogens is 212 g/mol. The van der Waals surface area contributed by atoms with Gasteiger partial charge in [0.05, 0.1) is 6.20 Å². The van der Waals surface area contributed by atoms with E-state index in [0.717, 1.165) is 55.3 Å². The summed E-state index contributed by atoms with van der Waals surface area (Å²) in [5, 5.41) is 3.32. The van der Waals surface area contributed by atoms with Crippen molar-refractivity contribution in [2.75, 3.05) is 13.1 Å². The molecule has 3 rings (SSSR count). The van der Waals surface area contributed by atoms with Crippen LogP contribution in [0.15, 0.2) is 10.6 Å². The van der Waals surface area contributed by atoms with Crippen molar-refractivity contribution in [3.05, 3.63) is 17.8 Å². The van der Waals surface area contributed by atoms with Gasteiger partial charge in [-0.1, -0.05) is 13.3 Å². The Morgan fingerprint density at radius 3 is 3.00 bits per heavy atom. The largest absolute Gasteiger partial charge is 0.445 e. The number of aryl methyl sites for hydroxylation is 1. The number of rotatable bonds is 6. The second-order valence-corrected chi connectivity index (χ2v) is 5.40. The highest BCUT2D eigenvalue weighted by Gasteiger charge is 2.54. The van der Waals surface area contributed by atoms with Crippen LogP contribution >= 0.6 is 0 Å². The van der Waals surface area contributed by atoms with Crippen molar-refractivity contribution in [1.29, 1.82) is 0 Å². The molecule has 2 fully saturated rings. The van der Waals surface area contributed by atoms with Crippen LogP contribution in [0.2, 0.25) is 0 Å². The highest BCUT2D eigenvalue weighted by molar-refractivity contribution is 5.19. The van der Waals surface area contributed by atoms with Crippen LogP contribution in [-0.4, -0.2) is 18.1 Å². The number of hydrogen-bond acceptors (Lipinski definition) is 3. The Bertz CT molecular complexity index is 364. The molecule has 0 saturated heterocycles. The average molecular weight is 234 g/mol. The first-order valence-corrected chi connectivity index (χ1v) is 7.05. The standard InChI is InChI=1S/C14H22N2O/c1-2-15-8-4-7-13-16-9-12(17-13)14-10-5-3-6-11(10)14/h9-11,14-15H,2-8H2,1H3. The average Bonchev–Trinajstić information content (AvgIpc) is 2.77. The zero-order valence-corrected chi connectivity index (χ0v) is 10.6. The summed E-state index contributed by atoms with van der Waals surface area (Å²) < 4.78 is 5.89. The number of nitrogens with zero attached hydrogens (tertiary/aromatic N) is 1. The van der Waals surface area contributed by atoms with E-state index < -0.39 is 0 Å². The first kappa shape index (κ1) is 11.3. The molecule has 0 aromatic carbocycles. The van der Waals surface area contributed by atoms with Gasteiger partial charge >= 0.3 is 0 Å². The summed E-state index contributed by atoms with van der Waals surface area (Å²) in [5.41, 5.74) is 0. The third-order valence-corrected chi connectivity index (χ3v) is 4.30. The predicted octanol–water partition coefficient (Wildman–Crippen LogP) is 2.73. The lowest BCUT2D eigenvalue weighted by Gasteiger charge is -1.99. The molecule has 0 amide bonds. The molecule has 1 aromatic rings. The molecule has 0 radical (unpaired) electrons. The molecular formula is C14H22N2O. The Balaban J connectivity index is 1.49. The normalized spacial score (nSPS) is 30.5. The maximum absolute atomic E-state index is 5.89. The van der Waals surface area contributed by atoms with Crippen LogP contribution in [-0.2, 0) is 6.42 Å². The van der Waals surface area contributed by atoms with Crippen molar-refractivity contribution in [2.24, 2.45) is 11.8 Å². The first-order chi connectivity index (χ1) is 8.40. The van der Waals surface area contributed by atoms with Crippen LogP contribution < -0.4 is 5.32 Å². The van der Waals surface area contributed by atoms with Crippen LogP contribution in [0.5, 0.6) is 0 Å². The molecule has 0 aliphatic heterocycles. The monoisotopic (exact) mass is 234 g/mol. The van der Waals surface area contributed by atoms with Gasteiger partial charge < -0.3 is 9.73 Å². The Hall–Kier alpha value is -0.830. The minimum absolute atomic E-state index is 0.721. The van der Waals surface area contributed by atoms with E-state index in [0.29, 0.717) is 0 Å². The van der Waals surface area contributed by atoms with Gasteiger partial charge in [-0.3, -0.25) is 0 Å². The zero-order valence-electron chi connectivity index (χ0n) is 10.6. The van der Waals surface area contributed by atoms with Gasteiger partial charge in [-0.15, -0.1) is 0 Å². The van der Waals surface area contributed by atoms with E-state index in [-0.39, 0.29) is 0 Å².